The topological polar surface area (TPSA) is 52.6 Å². The molecule has 2 fully saturated rings. The summed E-state index contributed by atoms with van der Waals surface area (Å²) in [6, 6.07) is 2.08. The second-order valence-corrected chi connectivity index (χ2v) is 5.42. The second-order valence-electron chi connectivity index (χ2n) is 5.42. The van der Waals surface area contributed by atoms with E-state index in [1.165, 1.54) is 12.8 Å². The molecule has 0 saturated carbocycles. The van der Waals surface area contributed by atoms with Gasteiger partial charge in [0.1, 0.15) is 18.0 Å². The van der Waals surface area contributed by atoms with Crippen molar-refractivity contribution in [2.75, 3.05) is 49.1 Å². The van der Waals surface area contributed by atoms with Crippen molar-refractivity contribution in [2.24, 2.45) is 0 Å². The van der Waals surface area contributed by atoms with Gasteiger partial charge in [-0.1, -0.05) is 0 Å². The maximum absolute atomic E-state index is 11.3. The molecule has 0 bridgehead atoms. The Balaban J connectivity index is 1.68. The predicted octanol–water partition coefficient (Wildman–Crippen LogP) is 0.745. The van der Waals surface area contributed by atoms with Gasteiger partial charge in [-0.15, -0.1) is 0 Å². The lowest BCUT2D eigenvalue weighted by molar-refractivity contribution is -0.129. The van der Waals surface area contributed by atoms with Crippen LogP contribution in [0, 0.1) is 0 Å². The van der Waals surface area contributed by atoms with Crippen LogP contribution < -0.4 is 9.80 Å². The van der Waals surface area contributed by atoms with Gasteiger partial charge in [0, 0.05) is 52.3 Å². The fourth-order valence-electron chi connectivity index (χ4n) is 2.88. The molecule has 3 rings (SSSR count). The average Bonchev–Trinajstić information content (AvgIpc) is 3.02. The number of aromatic nitrogens is 2. The third-order valence-electron chi connectivity index (χ3n) is 4.12. The Morgan fingerprint density at radius 1 is 0.950 bits per heavy atom. The number of rotatable bonds is 2. The summed E-state index contributed by atoms with van der Waals surface area (Å²) in [4.78, 5) is 26.6. The van der Waals surface area contributed by atoms with Crippen LogP contribution in [0.2, 0.25) is 0 Å². The van der Waals surface area contributed by atoms with E-state index in [-0.39, 0.29) is 5.91 Å². The third-order valence-corrected chi connectivity index (χ3v) is 4.12. The van der Waals surface area contributed by atoms with E-state index in [4.69, 9.17) is 0 Å². The van der Waals surface area contributed by atoms with Crippen molar-refractivity contribution in [2.45, 2.75) is 19.8 Å². The molecule has 0 spiro atoms. The number of hydrogen-bond donors (Lipinski definition) is 0. The van der Waals surface area contributed by atoms with E-state index in [0.29, 0.717) is 0 Å². The molecule has 6 heteroatoms. The largest absolute Gasteiger partial charge is 0.356 e. The number of nitrogens with zero attached hydrogens (tertiary/aromatic N) is 5. The molecule has 2 aliphatic heterocycles. The zero-order chi connectivity index (χ0) is 13.9. The Morgan fingerprint density at radius 2 is 1.50 bits per heavy atom. The van der Waals surface area contributed by atoms with E-state index in [1.807, 2.05) is 4.90 Å². The van der Waals surface area contributed by atoms with Gasteiger partial charge in [0.15, 0.2) is 0 Å². The van der Waals surface area contributed by atoms with Crippen LogP contribution in [0.25, 0.3) is 0 Å². The molecule has 1 aromatic rings. The number of amides is 1. The van der Waals surface area contributed by atoms with E-state index in [2.05, 4.69) is 25.8 Å². The van der Waals surface area contributed by atoms with Crippen LogP contribution in [0.5, 0.6) is 0 Å². The lowest BCUT2D eigenvalue weighted by atomic mass is 10.3. The predicted molar refractivity (Wildman–Crippen MR) is 77.9 cm³/mol. The van der Waals surface area contributed by atoms with Crippen LogP contribution in [0.15, 0.2) is 12.4 Å². The van der Waals surface area contributed by atoms with Gasteiger partial charge in [-0.2, -0.15) is 0 Å². The summed E-state index contributed by atoms with van der Waals surface area (Å²) < 4.78 is 0. The van der Waals surface area contributed by atoms with Gasteiger partial charge in [-0.05, 0) is 12.8 Å². The normalized spacial score (nSPS) is 19.6. The van der Waals surface area contributed by atoms with Crippen molar-refractivity contribution in [1.29, 1.82) is 0 Å². The smallest absolute Gasteiger partial charge is 0.219 e. The highest BCUT2D eigenvalue weighted by molar-refractivity contribution is 5.73. The molecule has 2 aliphatic rings. The molecule has 0 radical (unpaired) electrons. The molecule has 3 heterocycles. The first-order chi connectivity index (χ1) is 9.74. The number of carbonyl (C=O) groups excluding carboxylic acids is 1. The zero-order valence-electron chi connectivity index (χ0n) is 12.0. The van der Waals surface area contributed by atoms with Gasteiger partial charge in [0.25, 0.3) is 0 Å². The van der Waals surface area contributed by atoms with Crippen molar-refractivity contribution in [1.82, 2.24) is 14.9 Å². The minimum absolute atomic E-state index is 0.157. The van der Waals surface area contributed by atoms with Gasteiger partial charge in [0.2, 0.25) is 5.91 Å². The summed E-state index contributed by atoms with van der Waals surface area (Å²) in [6.45, 7) is 7.05. The van der Waals surface area contributed by atoms with Crippen molar-refractivity contribution in [3.63, 3.8) is 0 Å². The fourth-order valence-corrected chi connectivity index (χ4v) is 2.88. The maximum atomic E-state index is 11.3. The molecule has 0 N–H and O–H groups in total. The van der Waals surface area contributed by atoms with Crippen molar-refractivity contribution >= 4 is 17.5 Å². The van der Waals surface area contributed by atoms with Gasteiger partial charge < -0.3 is 14.7 Å². The molecular formula is C14H21N5O. The molecule has 0 unspecified atom stereocenters. The van der Waals surface area contributed by atoms with Crippen LogP contribution in [0.4, 0.5) is 11.6 Å². The zero-order valence-corrected chi connectivity index (χ0v) is 12.0. The number of piperazine rings is 1. The maximum Gasteiger partial charge on any atom is 0.219 e. The Morgan fingerprint density at radius 3 is 2.05 bits per heavy atom. The van der Waals surface area contributed by atoms with Crippen LogP contribution >= 0.6 is 0 Å². The summed E-state index contributed by atoms with van der Waals surface area (Å²) in [7, 11) is 0. The van der Waals surface area contributed by atoms with Crippen LogP contribution in [-0.4, -0.2) is 60.0 Å². The molecule has 108 valence electrons. The lowest BCUT2D eigenvalue weighted by Gasteiger charge is -2.35. The van der Waals surface area contributed by atoms with Crippen molar-refractivity contribution < 1.29 is 4.79 Å². The Labute approximate surface area is 119 Å². The lowest BCUT2D eigenvalue weighted by Crippen LogP contribution is -2.48. The molecule has 0 atom stereocenters. The molecule has 0 aliphatic carbocycles. The first-order valence-electron chi connectivity index (χ1n) is 7.31. The number of anilines is 2. The van der Waals surface area contributed by atoms with Crippen LogP contribution in [-0.2, 0) is 4.79 Å². The Hall–Kier alpha value is -1.85. The van der Waals surface area contributed by atoms with Gasteiger partial charge >= 0.3 is 0 Å². The quantitative estimate of drug-likeness (QED) is 0.797. The summed E-state index contributed by atoms with van der Waals surface area (Å²) in [6.07, 6.45) is 4.15. The van der Waals surface area contributed by atoms with Gasteiger partial charge in [-0.3, -0.25) is 4.79 Å². The monoisotopic (exact) mass is 275 g/mol. The Bertz CT molecular complexity index is 478. The highest BCUT2D eigenvalue weighted by Crippen LogP contribution is 2.22. The molecule has 2 saturated heterocycles. The van der Waals surface area contributed by atoms with Crippen LogP contribution in [0.3, 0.4) is 0 Å². The van der Waals surface area contributed by atoms with Crippen molar-refractivity contribution in [3.8, 4) is 0 Å². The first-order valence-corrected chi connectivity index (χ1v) is 7.31. The molecule has 0 aromatic carbocycles. The highest BCUT2D eigenvalue weighted by atomic mass is 16.2. The SMILES string of the molecule is CC(=O)N1CCN(c2cc(N3CCCC3)ncn2)CC1. The minimum Gasteiger partial charge on any atom is -0.356 e. The van der Waals surface area contributed by atoms with Gasteiger partial charge in [0.05, 0.1) is 0 Å². The van der Waals surface area contributed by atoms with E-state index in [9.17, 15) is 4.79 Å². The molecule has 1 amide bonds. The second kappa shape index (κ2) is 5.64. The molecule has 6 nitrogen and oxygen atoms in total. The minimum atomic E-state index is 0.157. The summed E-state index contributed by atoms with van der Waals surface area (Å²) in [5.74, 6) is 2.16. The molecule has 20 heavy (non-hydrogen) atoms. The average molecular weight is 275 g/mol. The summed E-state index contributed by atoms with van der Waals surface area (Å²) in [5, 5.41) is 0. The van der Waals surface area contributed by atoms with Crippen LogP contribution in [0.1, 0.15) is 19.8 Å². The summed E-state index contributed by atoms with van der Waals surface area (Å²) >= 11 is 0. The first kappa shape index (κ1) is 13.1. The Kier molecular flexibility index (Phi) is 3.71. The third kappa shape index (κ3) is 2.69. The van der Waals surface area contributed by atoms with Gasteiger partial charge in [-0.25, -0.2) is 9.97 Å². The highest BCUT2D eigenvalue weighted by Gasteiger charge is 2.21. The van der Waals surface area contributed by atoms with E-state index < -0.39 is 0 Å². The summed E-state index contributed by atoms with van der Waals surface area (Å²) in [5.41, 5.74) is 0. The van der Waals surface area contributed by atoms with E-state index in [1.54, 1.807) is 13.3 Å². The molecular weight excluding hydrogens is 254 g/mol. The molecule has 1 aromatic heterocycles. The van der Waals surface area contributed by atoms with Crippen molar-refractivity contribution in [3.05, 3.63) is 12.4 Å². The fraction of sp³-hybridized carbons (Fsp3) is 0.643. The number of hydrogen-bond acceptors (Lipinski definition) is 5. The standard InChI is InChI=1S/C14H21N5O/c1-12(20)17-6-8-19(9-7-17)14-10-13(15-11-16-14)18-4-2-3-5-18/h10-11H,2-9H2,1H3. The number of carbonyl (C=O) groups is 1. The van der Waals surface area contributed by atoms with E-state index in [0.717, 1.165) is 50.9 Å². The van der Waals surface area contributed by atoms with E-state index >= 15 is 0 Å².